The van der Waals surface area contributed by atoms with Gasteiger partial charge in [0, 0.05) is 12.7 Å². The zero-order valence-electron chi connectivity index (χ0n) is 14.3. The van der Waals surface area contributed by atoms with E-state index in [-0.39, 0.29) is 11.9 Å². The van der Waals surface area contributed by atoms with Crippen LogP contribution in [0.25, 0.3) is 11.3 Å². The van der Waals surface area contributed by atoms with Crippen LogP contribution >= 0.6 is 0 Å². The van der Waals surface area contributed by atoms with Gasteiger partial charge in [0.15, 0.2) is 0 Å². The number of H-pyrrole nitrogens is 2. The number of aromatic amines is 2. The Balaban J connectivity index is 1.61. The van der Waals surface area contributed by atoms with Crippen LogP contribution in [0.5, 0.6) is 0 Å². The highest BCUT2D eigenvalue weighted by molar-refractivity contribution is 5.94. The van der Waals surface area contributed by atoms with Crippen LogP contribution in [0.3, 0.4) is 0 Å². The minimum Gasteiger partial charge on any atom is -0.352 e. The topological polar surface area (TPSA) is 88.6 Å². The second-order valence-corrected chi connectivity index (χ2v) is 6.47. The van der Waals surface area contributed by atoms with Gasteiger partial charge in [-0.15, -0.1) is 0 Å². The fourth-order valence-corrected chi connectivity index (χ4v) is 3.48. The number of nitrogens with one attached hydrogen (secondary N) is 2. The van der Waals surface area contributed by atoms with Crippen LogP contribution in [-0.2, 0) is 0 Å². The molecule has 1 fully saturated rings. The molecule has 1 amide bonds. The molecule has 26 heavy (non-hydrogen) atoms. The second-order valence-electron chi connectivity index (χ2n) is 6.47. The molecule has 2 aromatic heterocycles. The summed E-state index contributed by atoms with van der Waals surface area (Å²) in [5.74, 6) is 0.748. The molecule has 0 bridgehead atoms. The first kappa shape index (κ1) is 16.2. The van der Waals surface area contributed by atoms with Crippen molar-refractivity contribution in [1.82, 2.24) is 19.9 Å². The van der Waals surface area contributed by atoms with Crippen LogP contribution < -0.4 is 0 Å². The van der Waals surface area contributed by atoms with Crippen LogP contribution in [0, 0.1) is 11.3 Å². The van der Waals surface area contributed by atoms with E-state index in [4.69, 9.17) is 5.26 Å². The SMILES string of the molecule is N#Cc1cc(C(=O)N2CCCC[C@H]2c2ncc(-c3ccccc3)[nH]2)c[nH]1. The van der Waals surface area contributed by atoms with Gasteiger partial charge in [-0.3, -0.25) is 4.79 Å². The van der Waals surface area contributed by atoms with Crippen molar-refractivity contribution in [2.45, 2.75) is 25.3 Å². The minimum absolute atomic E-state index is 0.0647. The second kappa shape index (κ2) is 6.89. The number of piperidine rings is 1. The van der Waals surface area contributed by atoms with Gasteiger partial charge in [0.2, 0.25) is 0 Å². The maximum absolute atomic E-state index is 12.9. The molecule has 0 radical (unpaired) electrons. The van der Waals surface area contributed by atoms with Crippen molar-refractivity contribution >= 4 is 5.91 Å². The number of nitrogens with zero attached hydrogens (tertiary/aromatic N) is 3. The summed E-state index contributed by atoms with van der Waals surface area (Å²) in [4.78, 5) is 25.6. The molecule has 1 aliphatic rings. The largest absolute Gasteiger partial charge is 0.352 e. The zero-order valence-corrected chi connectivity index (χ0v) is 14.3. The summed E-state index contributed by atoms with van der Waals surface area (Å²) >= 11 is 0. The summed E-state index contributed by atoms with van der Waals surface area (Å²) in [6, 6.07) is 13.6. The first-order chi connectivity index (χ1) is 12.8. The normalized spacial score (nSPS) is 17.0. The van der Waals surface area contributed by atoms with Gasteiger partial charge in [-0.05, 0) is 30.9 Å². The summed E-state index contributed by atoms with van der Waals surface area (Å²) in [6.07, 6.45) is 6.34. The van der Waals surface area contributed by atoms with Crippen LogP contribution in [-0.4, -0.2) is 32.3 Å². The molecule has 1 atom stereocenters. The van der Waals surface area contributed by atoms with E-state index in [1.165, 1.54) is 0 Å². The lowest BCUT2D eigenvalue weighted by Crippen LogP contribution is -2.38. The maximum atomic E-state index is 12.9. The average Bonchev–Trinajstić information content (AvgIpc) is 3.38. The Hall–Kier alpha value is -3.33. The van der Waals surface area contributed by atoms with Crippen molar-refractivity contribution in [2.75, 3.05) is 6.54 Å². The highest BCUT2D eigenvalue weighted by atomic mass is 16.2. The number of amides is 1. The maximum Gasteiger partial charge on any atom is 0.256 e. The molecule has 4 rings (SSSR count). The number of hydrogen-bond donors (Lipinski definition) is 2. The zero-order chi connectivity index (χ0) is 17.9. The van der Waals surface area contributed by atoms with E-state index in [0.29, 0.717) is 17.8 Å². The minimum atomic E-state index is -0.0749. The van der Waals surface area contributed by atoms with E-state index in [9.17, 15) is 4.79 Å². The third-order valence-corrected chi connectivity index (χ3v) is 4.81. The van der Waals surface area contributed by atoms with Crippen molar-refractivity contribution < 1.29 is 4.79 Å². The Morgan fingerprint density at radius 3 is 2.88 bits per heavy atom. The van der Waals surface area contributed by atoms with Crippen LogP contribution in [0.4, 0.5) is 0 Å². The predicted molar refractivity (Wildman–Crippen MR) is 97.2 cm³/mol. The molecule has 3 aromatic rings. The molecule has 0 unspecified atom stereocenters. The first-order valence-corrected chi connectivity index (χ1v) is 8.76. The summed E-state index contributed by atoms with van der Waals surface area (Å²) < 4.78 is 0. The van der Waals surface area contributed by atoms with Gasteiger partial charge in [0.05, 0.1) is 23.5 Å². The number of imidazole rings is 1. The molecule has 1 saturated heterocycles. The lowest BCUT2D eigenvalue weighted by Gasteiger charge is -2.34. The lowest BCUT2D eigenvalue weighted by atomic mass is 10.0. The van der Waals surface area contributed by atoms with E-state index >= 15 is 0 Å². The molecule has 3 heterocycles. The van der Waals surface area contributed by atoms with Gasteiger partial charge >= 0.3 is 0 Å². The molecule has 130 valence electrons. The van der Waals surface area contributed by atoms with Gasteiger partial charge in [0.25, 0.3) is 5.91 Å². The van der Waals surface area contributed by atoms with Crippen molar-refractivity contribution in [3.05, 3.63) is 65.9 Å². The Morgan fingerprint density at radius 2 is 2.12 bits per heavy atom. The highest BCUT2D eigenvalue weighted by Crippen LogP contribution is 2.31. The van der Waals surface area contributed by atoms with E-state index < -0.39 is 0 Å². The monoisotopic (exact) mass is 345 g/mol. The van der Waals surface area contributed by atoms with E-state index in [1.807, 2.05) is 47.5 Å². The van der Waals surface area contributed by atoms with Gasteiger partial charge in [-0.2, -0.15) is 5.26 Å². The number of benzene rings is 1. The van der Waals surface area contributed by atoms with E-state index in [0.717, 1.165) is 36.3 Å². The number of hydrogen-bond acceptors (Lipinski definition) is 3. The molecular formula is C20H19N5O. The van der Waals surface area contributed by atoms with Crippen LogP contribution in [0.15, 0.2) is 48.8 Å². The van der Waals surface area contributed by atoms with Gasteiger partial charge < -0.3 is 14.9 Å². The number of nitriles is 1. The summed E-state index contributed by atoms with van der Waals surface area (Å²) in [6.45, 7) is 0.692. The number of aromatic nitrogens is 3. The predicted octanol–water partition coefficient (Wildman–Crippen LogP) is 3.64. The fraction of sp³-hybridized carbons (Fsp3) is 0.250. The summed E-state index contributed by atoms with van der Waals surface area (Å²) in [5, 5.41) is 8.96. The molecule has 0 saturated carbocycles. The smallest absolute Gasteiger partial charge is 0.256 e. The quantitative estimate of drug-likeness (QED) is 0.759. The number of carbonyl (C=O) groups is 1. The molecule has 1 aromatic carbocycles. The van der Waals surface area contributed by atoms with Gasteiger partial charge in [-0.1, -0.05) is 30.3 Å². The van der Waals surface area contributed by atoms with Crippen molar-refractivity contribution in [3.8, 4) is 17.3 Å². The third-order valence-electron chi connectivity index (χ3n) is 4.81. The number of rotatable bonds is 3. The number of carbonyl (C=O) groups excluding carboxylic acids is 1. The first-order valence-electron chi connectivity index (χ1n) is 8.76. The molecular weight excluding hydrogens is 326 g/mol. The number of likely N-dealkylation sites (tertiary alicyclic amines) is 1. The Kier molecular flexibility index (Phi) is 4.28. The molecule has 0 aliphatic carbocycles. The Morgan fingerprint density at radius 1 is 1.27 bits per heavy atom. The standard InChI is InChI=1S/C20H19N5O/c21-11-16-10-15(12-22-16)20(26)25-9-5-4-8-18(25)19-23-13-17(24-19)14-6-2-1-3-7-14/h1-3,6-7,10,12-13,18,22H,4-5,8-9H2,(H,23,24)/t18-/m0/s1. The van der Waals surface area contributed by atoms with Crippen molar-refractivity contribution in [3.63, 3.8) is 0 Å². The van der Waals surface area contributed by atoms with E-state index in [2.05, 4.69) is 15.0 Å². The van der Waals surface area contributed by atoms with E-state index in [1.54, 1.807) is 12.3 Å². The molecule has 1 aliphatic heterocycles. The van der Waals surface area contributed by atoms with Crippen molar-refractivity contribution in [1.29, 1.82) is 5.26 Å². The molecule has 2 N–H and O–H groups in total. The molecule has 6 nitrogen and oxygen atoms in total. The Labute approximate surface area is 151 Å². The fourth-order valence-electron chi connectivity index (χ4n) is 3.48. The lowest BCUT2D eigenvalue weighted by molar-refractivity contribution is 0.0601. The molecule has 6 heteroatoms. The van der Waals surface area contributed by atoms with Gasteiger partial charge in [0.1, 0.15) is 17.6 Å². The Bertz CT molecular complexity index is 950. The summed E-state index contributed by atoms with van der Waals surface area (Å²) in [7, 11) is 0. The van der Waals surface area contributed by atoms with Crippen molar-refractivity contribution in [2.24, 2.45) is 0 Å². The third kappa shape index (κ3) is 3.00. The summed E-state index contributed by atoms with van der Waals surface area (Å²) in [5.41, 5.74) is 2.94. The average molecular weight is 345 g/mol. The highest BCUT2D eigenvalue weighted by Gasteiger charge is 2.31. The van der Waals surface area contributed by atoms with Gasteiger partial charge in [-0.25, -0.2) is 4.98 Å². The molecule has 0 spiro atoms. The van der Waals surface area contributed by atoms with Crippen LogP contribution in [0.1, 0.15) is 47.2 Å². The van der Waals surface area contributed by atoms with Crippen LogP contribution in [0.2, 0.25) is 0 Å².